The number of aliphatic hydroxyl groups excluding tert-OH is 1. The second-order valence-corrected chi connectivity index (χ2v) is 8.03. The number of nitriles is 1. The Bertz CT molecular complexity index is 1040. The van der Waals surface area contributed by atoms with Gasteiger partial charge in [0.1, 0.15) is 5.76 Å². The Morgan fingerprint density at radius 2 is 2.10 bits per heavy atom. The maximum atomic E-state index is 9.81. The highest BCUT2D eigenvalue weighted by molar-refractivity contribution is 6.31. The Morgan fingerprint density at radius 1 is 1.30 bits per heavy atom. The Morgan fingerprint density at radius 3 is 2.80 bits per heavy atom. The lowest BCUT2D eigenvalue weighted by atomic mass is 9.99. The van der Waals surface area contributed by atoms with E-state index in [1.807, 2.05) is 24.3 Å². The molecule has 1 aromatic carbocycles. The fourth-order valence-electron chi connectivity index (χ4n) is 3.92. The van der Waals surface area contributed by atoms with Crippen LogP contribution in [0.2, 0.25) is 0 Å². The maximum Gasteiger partial charge on any atom is 0.159 e. The third kappa shape index (κ3) is 4.20. The zero-order valence-corrected chi connectivity index (χ0v) is 17.6. The molecule has 2 heterocycles. The Labute approximate surface area is 180 Å². The van der Waals surface area contributed by atoms with Crippen molar-refractivity contribution >= 4 is 34.0 Å². The van der Waals surface area contributed by atoms with Crippen LogP contribution in [-0.4, -0.2) is 48.2 Å². The number of rotatable bonds is 5. The summed E-state index contributed by atoms with van der Waals surface area (Å²) >= 11 is 6.26. The fourth-order valence-corrected chi connectivity index (χ4v) is 4.25. The van der Waals surface area contributed by atoms with E-state index in [4.69, 9.17) is 16.3 Å². The van der Waals surface area contributed by atoms with Gasteiger partial charge in [0.25, 0.3) is 0 Å². The number of methoxy groups -OCH3 is 1. The van der Waals surface area contributed by atoms with E-state index in [1.165, 1.54) is 0 Å². The lowest BCUT2D eigenvalue weighted by Crippen LogP contribution is -2.36. The fraction of sp³-hybridized carbons (Fsp3) is 0.409. The molecule has 2 aliphatic rings. The van der Waals surface area contributed by atoms with Crippen molar-refractivity contribution in [3.8, 4) is 6.07 Å². The number of fused-ring (bicyclic) bond motifs is 1. The van der Waals surface area contributed by atoms with Gasteiger partial charge < -0.3 is 20.1 Å². The number of nitrogens with zero attached hydrogens (tertiary/aromatic N) is 4. The standard InChI is InChI=1S/C22H24ClN5O2/c1-30-20-5-3-15(11-19(20)23)13-25-21-18-10-14(12-24)2-4-17(18)22(27-26-21)28-8-6-16(29)7-9-28/h2,4-5,10-11,15-16,29H,3,6-9,13H2,1H3,(H,25,26). The van der Waals surface area contributed by atoms with Gasteiger partial charge in [-0.15, -0.1) is 10.2 Å². The minimum Gasteiger partial charge on any atom is -0.496 e. The van der Waals surface area contributed by atoms with Crippen LogP contribution in [0.15, 0.2) is 41.1 Å². The minimum atomic E-state index is -0.255. The molecule has 4 rings (SSSR count). The van der Waals surface area contributed by atoms with Crippen LogP contribution in [0.3, 0.4) is 0 Å². The van der Waals surface area contributed by atoms with Crippen LogP contribution in [-0.2, 0) is 4.74 Å². The van der Waals surface area contributed by atoms with Gasteiger partial charge in [0, 0.05) is 30.4 Å². The van der Waals surface area contributed by atoms with Crippen molar-refractivity contribution in [1.29, 1.82) is 5.26 Å². The lowest BCUT2D eigenvalue weighted by Gasteiger charge is -2.31. The molecule has 8 heteroatoms. The Kier molecular flexibility index (Phi) is 6.07. The summed E-state index contributed by atoms with van der Waals surface area (Å²) in [5.41, 5.74) is 0.576. The number of hydrogen-bond donors (Lipinski definition) is 2. The Hall–Kier alpha value is -2.82. The number of nitrogens with one attached hydrogen (secondary N) is 1. The quantitative estimate of drug-likeness (QED) is 0.756. The molecule has 1 unspecified atom stereocenters. The zero-order chi connectivity index (χ0) is 21.1. The summed E-state index contributed by atoms with van der Waals surface area (Å²) in [7, 11) is 1.61. The first-order chi connectivity index (χ1) is 14.6. The molecule has 1 saturated heterocycles. The van der Waals surface area contributed by atoms with Gasteiger partial charge in [-0.2, -0.15) is 5.26 Å². The summed E-state index contributed by atoms with van der Waals surface area (Å²) in [6.45, 7) is 2.11. The highest BCUT2D eigenvalue weighted by Gasteiger charge is 2.22. The molecule has 1 atom stereocenters. The predicted molar refractivity (Wildman–Crippen MR) is 117 cm³/mol. The molecule has 0 amide bonds. The number of aliphatic hydroxyl groups is 1. The predicted octanol–water partition coefficient (Wildman–Crippen LogP) is 3.55. The molecule has 1 fully saturated rings. The molecule has 0 saturated carbocycles. The summed E-state index contributed by atoms with van der Waals surface area (Å²) in [5.74, 6) is 2.35. The van der Waals surface area contributed by atoms with Gasteiger partial charge in [-0.25, -0.2) is 0 Å². The van der Waals surface area contributed by atoms with Gasteiger partial charge in [0.05, 0.1) is 29.9 Å². The van der Waals surface area contributed by atoms with Crippen molar-refractivity contribution in [2.24, 2.45) is 5.92 Å². The second-order valence-electron chi connectivity index (χ2n) is 7.63. The summed E-state index contributed by atoms with van der Waals surface area (Å²) in [6, 6.07) is 7.78. The van der Waals surface area contributed by atoms with E-state index < -0.39 is 0 Å². The van der Waals surface area contributed by atoms with Crippen LogP contribution in [0.1, 0.15) is 24.8 Å². The van der Waals surface area contributed by atoms with E-state index in [9.17, 15) is 10.4 Å². The average Bonchev–Trinajstić information content (AvgIpc) is 2.77. The second kappa shape index (κ2) is 8.90. The number of allylic oxidation sites excluding steroid dienone is 2. The topological polar surface area (TPSA) is 94.3 Å². The first kappa shape index (κ1) is 20.5. The molecule has 2 aromatic rings. The number of ether oxygens (including phenoxy) is 1. The third-order valence-corrected chi connectivity index (χ3v) is 5.94. The molecule has 1 aliphatic heterocycles. The number of piperidine rings is 1. The molecular weight excluding hydrogens is 402 g/mol. The van der Waals surface area contributed by atoms with E-state index in [1.54, 1.807) is 13.2 Å². The van der Waals surface area contributed by atoms with Gasteiger partial charge in [-0.1, -0.05) is 17.7 Å². The summed E-state index contributed by atoms with van der Waals surface area (Å²) in [4.78, 5) is 2.15. The highest BCUT2D eigenvalue weighted by Crippen LogP contribution is 2.32. The number of hydrogen-bond acceptors (Lipinski definition) is 7. The monoisotopic (exact) mass is 425 g/mol. The highest BCUT2D eigenvalue weighted by atomic mass is 35.5. The molecule has 30 heavy (non-hydrogen) atoms. The molecule has 0 radical (unpaired) electrons. The van der Waals surface area contributed by atoms with Crippen LogP contribution in [0, 0.1) is 17.2 Å². The molecule has 1 aromatic heterocycles. The SMILES string of the molecule is COC1=CCC(CNc2nnc(N3CCC(O)CC3)c3ccc(C#N)cc23)C=C1Cl. The van der Waals surface area contributed by atoms with Crippen molar-refractivity contribution in [2.75, 3.05) is 37.0 Å². The van der Waals surface area contributed by atoms with E-state index in [0.717, 1.165) is 36.1 Å². The van der Waals surface area contributed by atoms with Crippen LogP contribution >= 0.6 is 11.6 Å². The molecule has 2 N–H and O–H groups in total. The summed E-state index contributed by atoms with van der Waals surface area (Å²) in [6.07, 6.45) is 5.96. The Balaban J connectivity index is 1.60. The molecule has 0 bridgehead atoms. The third-order valence-electron chi connectivity index (χ3n) is 5.63. The van der Waals surface area contributed by atoms with E-state index in [2.05, 4.69) is 26.5 Å². The average molecular weight is 426 g/mol. The molecule has 1 aliphatic carbocycles. The van der Waals surface area contributed by atoms with Crippen molar-refractivity contribution in [3.05, 3.63) is 46.7 Å². The lowest BCUT2D eigenvalue weighted by molar-refractivity contribution is 0.145. The number of aromatic nitrogens is 2. The minimum absolute atomic E-state index is 0.204. The molecule has 0 spiro atoms. The first-order valence-electron chi connectivity index (χ1n) is 10.1. The molecule has 7 nitrogen and oxygen atoms in total. The summed E-state index contributed by atoms with van der Waals surface area (Å²) < 4.78 is 5.24. The number of anilines is 2. The van der Waals surface area contributed by atoms with Gasteiger partial charge >= 0.3 is 0 Å². The summed E-state index contributed by atoms with van der Waals surface area (Å²) in [5, 5.41) is 33.9. The zero-order valence-electron chi connectivity index (χ0n) is 16.8. The molecular formula is C22H24ClN5O2. The van der Waals surface area contributed by atoms with Crippen molar-refractivity contribution in [1.82, 2.24) is 10.2 Å². The van der Waals surface area contributed by atoms with Crippen LogP contribution in [0.4, 0.5) is 11.6 Å². The van der Waals surface area contributed by atoms with Crippen molar-refractivity contribution in [3.63, 3.8) is 0 Å². The first-order valence-corrected chi connectivity index (χ1v) is 10.5. The molecule has 156 valence electrons. The number of benzene rings is 1. The van der Waals surface area contributed by atoms with Crippen LogP contribution in [0.5, 0.6) is 0 Å². The normalized spacial score (nSPS) is 19.8. The van der Waals surface area contributed by atoms with Gasteiger partial charge in [-0.05, 0) is 49.5 Å². The van der Waals surface area contributed by atoms with Crippen molar-refractivity contribution in [2.45, 2.75) is 25.4 Å². The van der Waals surface area contributed by atoms with Gasteiger partial charge in [-0.3, -0.25) is 0 Å². The van der Waals surface area contributed by atoms with E-state index >= 15 is 0 Å². The van der Waals surface area contributed by atoms with Crippen LogP contribution < -0.4 is 10.2 Å². The van der Waals surface area contributed by atoms with Crippen LogP contribution in [0.25, 0.3) is 10.8 Å². The van der Waals surface area contributed by atoms with Gasteiger partial charge in [0.2, 0.25) is 0 Å². The van der Waals surface area contributed by atoms with Gasteiger partial charge in [0.15, 0.2) is 11.6 Å². The largest absolute Gasteiger partial charge is 0.496 e. The van der Waals surface area contributed by atoms with E-state index in [-0.39, 0.29) is 12.0 Å². The van der Waals surface area contributed by atoms with E-state index in [0.29, 0.717) is 41.6 Å². The smallest absolute Gasteiger partial charge is 0.159 e. The maximum absolute atomic E-state index is 9.81. The number of halogens is 1. The van der Waals surface area contributed by atoms with Crippen molar-refractivity contribution < 1.29 is 9.84 Å².